The van der Waals surface area contributed by atoms with Crippen molar-refractivity contribution in [3.05, 3.63) is 45.4 Å². The van der Waals surface area contributed by atoms with Crippen molar-refractivity contribution in [2.75, 3.05) is 7.11 Å². The van der Waals surface area contributed by atoms with E-state index in [1.165, 1.54) is 16.3 Å². The van der Waals surface area contributed by atoms with E-state index in [-0.39, 0.29) is 6.54 Å². The Morgan fingerprint density at radius 2 is 2.31 bits per heavy atom. The van der Waals surface area contributed by atoms with Gasteiger partial charge in [-0.2, -0.15) is 10.2 Å². The van der Waals surface area contributed by atoms with Gasteiger partial charge in [-0.05, 0) is 13.0 Å². The van der Waals surface area contributed by atoms with Crippen LogP contribution in [0.15, 0.2) is 22.9 Å². The zero-order valence-electron chi connectivity index (χ0n) is 16.1. The lowest BCUT2D eigenvalue weighted by Crippen LogP contribution is -2.15. The van der Waals surface area contributed by atoms with Crippen molar-refractivity contribution in [1.82, 2.24) is 29.7 Å². The molecule has 4 aromatic heterocycles. The summed E-state index contributed by atoms with van der Waals surface area (Å²) in [5.74, 6) is 0. The monoisotopic (exact) mass is 429 g/mol. The first kappa shape index (κ1) is 19.3. The van der Waals surface area contributed by atoms with Gasteiger partial charge in [-0.3, -0.25) is 9.89 Å². The minimum absolute atomic E-state index is 0.245. The smallest absolute Gasteiger partial charge is 0.230 e. The zero-order valence-corrected chi connectivity index (χ0v) is 17.8. The van der Waals surface area contributed by atoms with Gasteiger partial charge < -0.3 is 9.30 Å². The van der Waals surface area contributed by atoms with Crippen LogP contribution in [0.25, 0.3) is 10.3 Å². The highest BCUT2D eigenvalue weighted by Gasteiger charge is 2.17. The van der Waals surface area contributed by atoms with E-state index < -0.39 is 0 Å². The molecule has 150 valence electrons. The standard InChI is InChI=1S/C18H19N7O2S2/c1-11-13(7-21-25(10-26)8-14-18(27-3)28-9-19-14)16-17(24(11)2)22-15(29-16)6-12-4-5-20-23-12/h4-5,7,9-10H,6,8H2,1-3H3,(H,20,23)/b21-7-. The van der Waals surface area contributed by atoms with Crippen molar-refractivity contribution in [3.8, 4) is 5.06 Å². The molecular formula is C18H19N7O2S2. The highest BCUT2D eigenvalue weighted by atomic mass is 32.1. The number of rotatable bonds is 8. The van der Waals surface area contributed by atoms with Gasteiger partial charge >= 0.3 is 0 Å². The van der Waals surface area contributed by atoms with Gasteiger partial charge in [0.25, 0.3) is 0 Å². The zero-order chi connectivity index (χ0) is 20.4. The van der Waals surface area contributed by atoms with Crippen LogP contribution in [0.4, 0.5) is 0 Å². The first-order chi connectivity index (χ1) is 14.1. The number of carbonyl (C=O) groups excluding carboxylic acids is 1. The summed E-state index contributed by atoms with van der Waals surface area (Å²) < 4.78 is 8.35. The summed E-state index contributed by atoms with van der Waals surface area (Å²) in [6, 6.07) is 1.94. The maximum absolute atomic E-state index is 11.5. The number of aryl methyl sites for hydroxylation is 1. The predicted octanol–water partition coefficient (Wildman–Crippen LogP) is 2.71. The van der Waals surface area contributed by atoms with Gasteiger partial charge in [-0.1, -0.05) is 11.3 Å². The molecule has 0 atom stereocenters. The molecule has 11 heteroatoms. The number of methoxy groups -OCH3 is 1. The van der Waals surface area contributed by atoms with Crippen molar-refractivity contribution in [2.45, 2.75) is 19.9 Å². The van der Waals surface area contributed by atoms with Crippen molar-refractivity contribution in [3.63, 3.8) is 0 Å². The molecule has 0 spiro atoms. The van der Waals surface area contributed by atoms with Gasteiger partial charge in [-0.25, -0.2) is 15.0 Å². The number of hydrogen-bond acceptors (Lipinski definition) is 8. The molecule has 1 amide bonds. The summed E-state index contributed by atoms with van der Waals surface area (Å²) in [5.41, 5.74) is 6.27. The van der Waals surface area contributed by atoms with E-state index in [0.29, 0.717) is 23.6 Å². The normalized spacial score (nSPS) is 11.6. The van der Waals surface area contributed by atoms with Crippen molar-refractivity contribution >= 4 is 45.6 Å². The Morgan fingerprint density at radius 3 is 3.03 bits per heavy atom. The Hall–Kier alpha value is -3.05. The van der Waals surface area contributed by atoms with Gasteiger partial charge in [0.15, 0.2) is 10.7 Å². The van der Waals surface area contributed by atoms with E-state index in [4.69, 9.17) is 9.72 Å². The Kier molecular flexibility index (Phi) is 5.41. The number of ether oxygens (including phenoxy) is 1. The largest absolute Gasteiger partial charge is 0.486 e. The first-order valence-electron chi connectivity index (χ1n) is 8.76. The number of aromatic amines is 1. The lowest BCUT2D eigenvalue weighted by atomic mass is 10.3. The fourth-order valence-corrected chi connectivity index (χ4v) is 4.76. The van der Waals surface area contributed by atoms with E-state index in [0.717, 1.165) is 32.3 Å². The van der Waals surface area contributed by atoms with Crippen LogP contribution in [0.3, 0.4) is 0 Å². The lowest BCUT2D eigenvalue weighted by molar-refractivity contribution is -0.118. The third-order valence-electron chi connectivity index (χ3n) is 4.57. The van der Waals surface area contributed by atoms with Crippen LogP contribution >= 0.6 is 22.7 Å². The van der Waals surface area contributed by atoms with Crippen LogP contribution in [0.5, 0.6) is 5.06 Å². The highest BCUT2D eigenvalue weighted by molar-refractivity contribution is 7.19. The summed E-state index contributed by atoms with van der Waals surface area (Å²) in [4.78, 5) is 20.5. The third kappa shape index (κ3) is 3.78. The second kappa shape index (κ2) is 8.13. The average Bonchev–Trinajstić information content (AvgIpc) is 3.50. The number of hydrazone groups is 1. The number of amides is 1. The number of thiazole rings is 2. The highest BCUT2D eigenvalue weighted by Crippen LogP contribution is 2.30. The molecule has 0 saturated carbocycles. The number of nitrogens with zero attached hydrogens (tertiary/aromatic N) is 6. The lowest BCUT2D eigenvalue weighted by Gasteiger charge is -2.10. The number of carbonyl (C=O) groups is 1. The fraction of sp³-hybridized carbons (Fsp3) is 0.278. The third-order valence-corrected chi connectivity index (χ3v) is 6.47. The number of nitrogens with one attached hydrogen (secondary N) is 1. The molecule has 0 aliphatic rings. The second-order valence-corrected chi connectivity index (χ2v) is 8.22. The molecule has 0 aromatic carbocycles. The summed E-state index contributed by atoms with van der Waals surface area (Å²) in [5, 5.41) is 14.3. The summed E-state index contributed by atoms with van der Waals surface area (Å²) in [6.45, 7) is 2.26. The first-order valence-corrected chi connectivity index (χ1v) is 10.5. The van der Waals surface area contributed by atoms with E-state index in [1.807, 2.05) is 24.6 Å². The topological polar surface area (TPSA) is 101 Å². The van der Waals surface area contributed by atoms with Gasteiger partial charge in [0, 0.05) is 36.6 Å². The van der Waals surface area contributed by atoms with Crippen LogP contribution in [-0.2, 0) is 24.8 Å². The molecule has 4 heterocycles. The van der Waals surface area contributed by atoms with Gasteiger partial charge in [0.1, 0.15) is 10.7 Å². The van der Waals surface area contributed by atoms with Crippen LogP contribution in [-0.4, -0.2) is 49.5 Å². The molecule has 9 nitrogen and oxygen atoms in total. The van der Waals surface area contributed by atoms with E-state index in [1.54, 1.807) is 36.4 Å². The van der Waals surface area contributed by atoms with Crippen LogP contribution in [0.1, 0.15) is 27.7 Å². The molecule has 0 bridgehead atoms. The molecule has 0 unspecified atom stereocenters. The number of aromatic nitrogens is 5. The van der Waals surface area contributed by atoms with Crippen molar-refractivity contribution < 1.29 is 9.53 Å². The number of H-pyrrole nitrogens is 1. The average molecular weight is 430 g/mol. The maximum atomic E-state index is 11.5. The Morgan fingerprint density at radius 1 is 1.45 bits per heavy atom. The minimum atomic E-state index is 0.245. The quantitative estimate of drug-likeness (QED) is 0.264. The molecule has 29 heavy (non-hydrogen) atoms. The van der Waals surface area contributed by atoms with E-state index in [9.17, 15) is 4.79 Å². The molecule has 1 N–H and O–H groups in total. The molecule has 0 saturated heterocycles. The number of fused-ring (bicyclic) bond motifs is 1. The Labute approximate surface area is 174 Å². The molecular weight excluding hydrogens is 410 g/mol. The van der Waals surface area contributed by atoms with Crippen LogP contribution in [0.2, 0.25) is 0 Å². The maximum Gasteiger partial charge on any atom is 0.230 e. The van der Waals surface area contributed by atoms with Crippen LogP contribution in [0, 0.1) is 6.92 Å². The predicted molar refractivity (Wildman–Crippen MR) is 113 cm³/mol. The van der Waals surface area contributed by atoms with Gasteiger partial charge in [-0.15, -0.1) is 11.3 Å². The molecule has 0 aliphatic heterocycles. The molecule has 0 aliphatic carbocycles. The molecule has 0 radical (unpaired) electrons. The van der Waals surface area contributed by atoms with Gasteiger partial charge in [0.2, 0.25) is 6.41 Å². The van der Waals surface area contributed by atoms with Crippen molar-refractivity contribution in [2.24, 2.45) is 12.1 Å². The Balaban J connectivity index is 1.61. The van der Waals surface area contributed by atoms with E-state index in [2.05, 4.69) is 20.3 Å². The minimum Gasteiger partial charge on any atom is -0.486 e. The van der Waals surface area contributed by atoms with E-state index >= 15 is 0 Å². The second-order valence-electron chi connectivity index (χ2n) is 6.32. The summed E-state index contributed by atoms with van der Waals surface area (Å²) >= 11 is 3.00. The van der Waals surface area contributed by atoms with Gasteiger partial charge in [0.05, 0.1) is 30.1 Å². The number of hydrogen-bond donors (Lipinski definition) is 1. The summed E-state index contributed by atoms with van der Waals surface area (Å²) in [6.07, 6.45) is 4.82. The SMILES string of the molecule is COc1scnc1CN(C=O)/N=C\c1c(C)n(C)c2nc(Cc3ccn[nH]3)sc12. The Bertz CT molecular complexity index is 1160. The fourth-order valence-electron chi connectivity index (χ4n) is 2.96. The molecule has 4 rings (SSSR count). The van der Waals surface area contributed by atoms with Crippen LogP contribution < -0.4 is 4.74 Å². The molecule has 0 fully saturated rings. The molecule has 4 aromatic rings. The summed E-state index contributed by atoms with van der Waals surface area (Å²) in [7, 11) is 3.56. The van der Waals surface area contributed by atoms with Crippen molar-refractivity contribution in [1.29, 1.82) is 0 Å².